The first-order valence-electron chi connectivity index (χ1n) is 9.08. The van der Waals surface area contributed by atoms with E-state index in [9.17, 15) is 9.59 Å². The first kappa shape index (κ1) is 18.5. The minimum absolute atomic E-state index is 0.0206. The second kappa shape index (κ2) is 8.42. The van der Waals surface area contributed by atoms with Crippen molar-refractivity contribution in [3.8, 4) is 0 Å². The second-order valence-electron chi connectivity index (χ2n) is 7.14. The molecule has 3 rings (SSSR count). The van der Waals surface area contributed by atoms with Crippen molar-refractivity contribution < 1.29 is 9.53 Å². The van der Waals surface area contributed by atoms with Crippen LogP contribution in [-0.2, 0) is 16.1 Å². The number of aromatic nitrogens is 2. The van der Waals surface area contributed by atoms with Gasteiger partial charge in [0.1, 0.15) is 6.54 Å². The van der Waals surface area contributed by atoms with Crippen LogP contribution in [0.15, 0.2) is 35.3 Å². The first-order valence-corrected chi connectivity index (χ1v) is 9.08. The van der Waals surface area contributed by atoms with Crippen LogP contribution in [0.3, 0.4) is 0 Å². The van der Waals surface area contributed by atoms with Gasteiger partial charge in [-0.05, 0) is 12.0 Å². The number of morpholine rings is 1. The molecule has 1 amide bonds. The van der Waals surface area contributed by atoms with Crippen LogP contribution in [0.4, 0.5) is 0 Å². The molecular weight excluding hydrogens is 332 g/mol. The van der Waals surface area contributed by atoms with E-state index in [-0.39, 0.29) is 24.1 Å². The maximum atomic E-state index is 12.4. The molecule has 0 spiro atoms. The van der Waals surface area contributed by atoms with E-state index in [4.69, 9.17) is 4.74 Å². The molecular formula is C19H26N4O3. The number of fused-ring (bicyclic) bond motifs is 1. The molecule has 1 aliphatic rings. The molecule has 1 aliphatic heterocycles. The van der Waals surface area contributed by atoms with Crippen LogP contribution in [0.2, 0.25) is 0 Å². The summed E-state index contributed by atoms with van der Waals surface area (Å²) in [5, 5.41) is 8.29. The number of amides is 1. The summed E-state index contributed by atoms with van der Waals surface area (Å²) in [4.78, 5) is 27.0. The highest BCUT2D eigenvalue weighted by molar-refractivity contribution is 5.81. The molecule has 7 heteroatoms. The first-order chi connectivity index (χ1) is 12.5. The van der Waals surface area contributed by atoms with E-state index in [1.54, 1.807) is 18.3 Å². The number of benzene rings is 1. The smallest absolute Gasteiger partial charge is 0.275 e. The topological polar surface area (TPSA) is 76.5 Å². The molecule has 1 atom stereocenters. The quantitative estimate of drug-likeness (QED) is 0.829. The zero-order valence-corrected chi connectivity index (χ0v) is 15.4. The van der Waals surface area contributed by atoms with Gasteiger partial charge in [0, 0.05) is 31.6 Å². The monoisotopic (exact) mass is 358 g/mol. The Morgan fingerprint density at radius 1 is 1.38 bits per heavy atom. The molecule has 0 saturated carbocycles. The molecule has 0 aliphatic carbocycles. The fraction of sp³-hybridized carbons (Fsp3) is 0.526. The second-order valence-corrected chi connectivity index (χ2v) is 7.14. The highest BCUT2D eigenvalue weighted by atomic mass is 16.5. The van der Waals surface area contributed by atoms with E-state index in [0.717, 1.165) is 25.0 Å². The summed E-state index contributed by atoms with van der Waals surface area (Å²) in [5.41, 5.74) is -0.254. The largest absolute Gasteiger partial charge is 0.374 e. The van der Waals surface area contributed by atoms with Crippen molar-refractivity contribution in [2.24, 2.45) is 5.92 Å². The molecule has 1 fully saturated rings. The number of nitrogens with zero attached hydrogens (tertiary/aromatic N) is 3. The van der Waals surface area contributed by atoms with Crippen LogP contribution in [0.1, 0.15) is 13.8 Å². The van der Waals surface area contributed by atoms with Crippen LogP contribution in [0.25, 0.3) is 10.8 Å². The molecule has 1 saturated heterocycles. The Morgan fingerprint density at radius 3 is 3.00 bits per heavy atom. The summed E-state index contributed by atoms with van der Waals surface area (Å²) in [6, 6.07) is 7.23. The minimum Gasteiger partial charge on any atom is -0.374 e. The Hall–Kier alpha value is -2.25. The van der Waals surface area contributed by atoms with Gasteiger partial charge in [0.15, 0.2) is 0 Å². The van der Waals surface area contributed by atoms with Gasteiger partial charge in [-0.15, -0.1) is 0 Å². The molecule has 26 heavy (non-hydrogen) atoms. The van der Waals surface area contributed by atoms with E-state index in [2.05, 4.69) is 29.2 Å². The lowest BCUT2D eigenvalue weighted by Crippen LogP contribution is -2.49. The highest BCUT2D eigenvalue weighted by Gasteiger charge is 2.21. The zero-order chi connectivity index (χ0) is 18.5. The lowest BCUT2D eigenvalue weighted by molar-refractivity contribution is -0.123. The SMILES string of the molecule is CC(C)CN1CCO[C@@H](CNC(=O)Cn2ncc3ccccc3c2=O)C1. The number of carbonyl (C=O) groups excluding carboxylic acids is 1. The van der Waals surface area contributed by atoms with Crippen molar-refractivity contribution in [3.63, 3.8) is 0 Å². The molecule has 140 valence electrons. The van der Waals surface area contributed by atoms with Crippen LogP contribution in [0.5, 0.6) is 0 Å². The zero-order valence-electron chi connectivity index (χ0n) is 15.4. The predicted octanol–water partition coefficient (Wildman–Crippen LogP) is 0.869. The molecule has 2 heterocycles. The van der Waals surface area contributed by atoms with E-state index < -0.39 is 0 Å². The Kier molecular flexibility index (Phi) is 6.00. The Morgan fingerprint density at radius 2 is 2.19 bits per heavy atom. The van der Waals surface area contributed by atoms with E-state index in [1.807, 2.05) is 12.1 Å². The van der Waals surface area contributed by atoms with Gasteiger partial charge in [0.05, 0.1) is 24.3 Å². The third-order valence-corrected chi connectivity index (χ3v) is 4.43. The minimum atomic E-state index is -0.254. The van der Waals surface area contributed by atoms with Gasteiger partial charge in [-0.25, -0.2) is 4.68 Å². The summed E-state index contributed by atoms with van der Waals surface area (Å²) in [5.74, 6) is 0.369. The average Bonchev–Trinajstić information content (AvgIpc) is 2.62. The number of nitrogens with one attached hydrogen (secondary N) is 1. The average molecular weight is 358 g/mol. The van der Waals surface area contributed by atoms with Crippen molar-refractivity contribution in [2.45, 2.75) is 26.5 Å². The Labute approximate surface area is 152 Å². The van der Waals surface area contributed by atoms with Gasteiger partial charge in [-0.3, -0.25) is 14.5 Å². The number of rotatable bonds is 6. The van der Waals surface area contributed by atoms with Crippen LogP contribution in [0, 0.1) is 5.92 Å². The fourth-order valence-corrected chi connectivity index (χ4v) is 3.25. The van der Waals surface area contributed by atoms with Crippen molar-refractivity contribution in [3.05, 3.63) is 40.8 Å². The van der Waals surface area contributed by atoms with Gasteiger partial charge in [0.2, 0.25) is 5.91 Å². The predicted molar refractivity (Wildman–Crippen MR) is 100 cm³/mol. The van der Waals surface area contributed by atoms with E-state index >= 15 is 0 Å². The third kappa shape index (κ3) is 4.68. The summed E-state index contributed by atoms with van der Waals surface area (Å²) < 4.78 is 6.93. The van der Waals surface area contributed by atoms with Crippen LogP contribution >= 0.6 is 0 Å². The molecule has 0 radical (unpaired) electrons. The van der Waals surface area contributed by atoms with Crippen molar-refractivity contribution in [1.29, 1.82) is 0 Å². The van der Waals surface area contributed by atoms with Crippen LogP contribution < -0.4 is 10.9 Å². The maximum Gasteiger partial charge on any atom is 0.275 e. The molecule has 0 unspecified atom stereocenters. The standard InChI is InChI=1S/C19H26N4O3/c1-14(2)11-22-7-8-26-16(12-22)10-20-18(24)13-23-19(25)17-6-4-3-5-15(17)9-21-23/h3-6,9,14,16H,7-8,10-13H2,1-2H3,(H,20,24)/t16-/m0/s1. The third-order valence-electron chi connectivity index (χ3n) is 4.43. The maximum absolute atomic E-state index is 12.4. The molecule has 1 aromatic carbocycles. The summed E-state index contributed by atoms with van der Waals surface area (Å²) in [6.07, 6.45) is 1.59. The van der Waals surface area contributed by atoms with E-state index in [1.165, 1.54) is 4.68 Å². The Bertz CT molecular complexity index is 818. The van der Waals surface area contributed by atoms with Crippen molar-refractivity contribution in [2.75, 3.05) is 32.8 Å². The van der Waals surface area contributed by atoms with Crippen molar-refractivity contribution >= 4 is 16.7 Å². The van der Waals surface area contributed by atoms with Gasteiger partial charge >= 0.3 is 0 Å². The van der Waals surface area contributed by atoms with Crippen LogP contribution in [-0.4, -0.2) is 59.5 Å². The van der Waals surface area contributed by atoms with Gasteiger partial charge < -0.3 is 10.1 Å². The molecule has 0 bridgehead atoms. The Balaban J connectivity index is 1.54. The number of ether oxygens (including phenoxy) is 1. The fourth-order valence-electron chi connectivity index (χ4n) is 3.25. The summed E-state index contributed by atoms with van der Waals surface area (Å²) in [7, 11) is 0. The van der Waals surface area contributed by atoms with Gasteiger partial charge in [-0.2, -0.15) is 5.10 Å². The number of carbonyl (C=O) groups is 1. The summed E-state index contributed by atoms with van der Waals surface area (Å²) in [6.45, 7) is 8.19. The molecule has 1 N–H and O–H groups in total. The molecule has 1 aromatic heterocycles. The lowest BCUT2D eigenvalue weighted by Gasteiger charge is -2.33. The van der Waals surface area contributed by atoms with E-state index in [0.29, 0.717) is 24.5 Å². The lowest BCUT2D eigenvalue weighted by atomic mass is 10.2. The number of hydrogen-bond acceptors (Lipinski definition) is 5. The molecule has 7 nitrogen and oxygen atoms in total. The normalized spacial score (nSPS) is 18.3. The van der Waals surface area contributed by atoms with Gasteiger partial charge in [-0.1, -0.05) is 32.0 Å². The highest BCUT2D eigenvalue weighted by Crippen LogP contribution is 2.08. The van der Waals surface area contributed by atoms with Gasteiger partial charge in [0.25, 0.3) is 5.56 Å². The summed E-state index contributed by atoms with van der Waals surface area (Å²) >= 11 is 0. The van der Waals surface area contributed by atoms with Crippen molar-refractivity contribution in [1.82, 2.24) is 20.0 Å². The number of hydrogen-bond donors (Lipinski definition) is 1. The molecule has 2 aromatic rings.